The van der Waals surface area contributed by atoms with Gasteiger partial charge in [-0.15, -0.1) is 0 Å². The number of rotatable bonds is 5. The summed E-state index contributed by atoms with van der Waals surface area (Å²) in [5, 5.41) is 13.7. The molecule has 0 aliphatic heterocycles. The van der Waals surface area contributed by atoms with Crippen LogP contribution in [0.2, 0.25) is 0 Å². The lowest BCUT2D eigenvalue weighted by molar-refractivity contribution is -0.136. The molecule has 0 saturated heterocycles. The lowest BCUT2D eigenvalue weighted by atomic mass is 10.0. The molecule has 0 aromatic rings. The lowest BCUT2D eigenvalue weighted by Gasteiger charge is -2.21. The number of nitrogens with two attached hydrogens (primary N) is 1. The average molecular weight is 230 g/mol. The van der Waals surface area contributed by atoms with E-state index in [1.165, 1.54) is 19.0 Å². The Balaban J connectivity index is 4.57. The number of oxime groups is 1. The number of likely N-dealkylation sites (N-methyl/N-ethyl adjacent to an activating group) is 2. The zero-order valence-corrected chi connectivity index (χ0v) is 9.73. The third-order valence-electron chi connectivity index (χ3n) is 2.21. The van der Waals surface area contributed by atoms with E-state index in [0.717, 1.165) is 0 Å². The zero-order chi connectivity index (χ0) is 12.7. The van der Waals surface area contributed by atoms with Crippen LogP contribution in [0.25, 0.3) is 0 Å². The van der Waals surface area contributed by atoms with Gasteiger partial charge in [-0.05, 0) is 6.42 Å². The van der Waals surface area contributed by atoms with Crippen molar-refractivity contribution in [2.45, 2.75) is 13.3 Å². The van der Waals surface area contributed by atoms with E-state index in [9.17, 15) is 9.59 Å². The van der Waals surface area contributed by atoms with E-state index in [4.69, 9.17) is 10.9 Å². The molecule has 0 radical (unpaired) electrons. The van der Waals surface area contributed by atoms with Crippen LogP contribution in [0.1, 0.15) is 13.3 Å². The number of nitrogens with zero attached hydrogens (tertiary/aromatic N) is 2. The third kappa shape index (κ3) is 3.76. The fourth-order valence-corrected chi connectivity index (χ4v) is 1.22. The van der Waals surface area contributed by atoms with Crippen molar-refractivity contribution < 1.29 is 14.8 Å². The van der Waals surface area contributed by atoms with E-state index in [1.54, 1.807) is 6.92 Å². The summed E-state index contributed by atoms with van der Waals surface area (Å²) in [5.74, 6) is -1.46. The molecule has 0 aliphatic rings. The highest BCUT2D eigenvalue weighted by Crippen LogP contribution is 2.06. The minimum absolute atomic E-state index is 0.0510. The van der Waals surface area contributed by atoms with Crippen molar-refractivity contribution in [1.29, 1.82) is 0 Å². The van der Waals surface area contributed by atoms with Crippen LogP contribution in [0.4, 0.5) is 0 Å². The first-order valence-corrected chi connectivity index (χ1v) is 4.90. The van der Waals surface area contributed by atoms with Crippen molar-refractivity contribution in [3.8, 4) is 0 Å². The number of hydrogen-bond donors (Lipinski definition) is 3. The maximum atomic E-state index is 11.8. The second kappa shape index (κ2) is 6.65. The molecule has 0 aliphatic carbocycles. The van der Waals surface area contributed by atoms with Crippen LogP contribution in [0.15, 0.2) is 5.16 Å². The van der Waals surface area contributed by atoms with Gasteiger partial charge in [-0.25, -0.2) is 0 Å². The minimum Gasteiger partial charge on any atom is -0.409 e. The Hall–Kier alpha value is -1.79. The molecule has 0 aromatic carbocycles. The van der Waals surface area contributed by atoms with Crippen LogP contribution in [-0.4, -0.2) is 48.4 Å². The van der Waals surface area contributed by atoms with Gasteiger partial charge in [0, 0.05) is 14.1 Å². The molecule has 0 saturated carbocycles. The summed E-state index contributed by atoms with van der Waals surface area (Å²) in [6.07, 6.45) is 0.410. The van der Waals surface area contributed by atoms with Crippen LogP contribution in [0, 0.1) is 5.92 Å². The van der Waals surface area contributed by atoms with Gasteiger partial charge in [0.05, 0.1) is 12.5 Å². The Morgan fingerprint density at radius 3 is 2.50 bits per heavy atom. The normalized spacial score (nSPS) is 13.1. The summed E-state index contributed by atoms with van der Waals surface area (Å²) in [5.41, 5.74) is 5.38. The molecule has 1 unspecified atom stereocenters. The predicted molar refractivity (Wildman–Crippen MR) is 58.9 cm³/mol. The highest BCUT2D eigenvalue weighted by molar-refractivity contribution is 6.02. The van der Waals surface area contributed by atoms with Gasteiger partial charge in [0.15, 0.2) is 5.84 Å². The van der Waals surface area contributed by atoms with Crippen LogP contribution in [0.3, 0.4) is 0 Å². The lowest BCUT2D eigenvalue weighted by Crippen LogP contribution is -2.43. The third-order valence-corrected chi connectivity index (χ3v) is 2.21. The molecule has 7 nitrogen and oxygen atoms in total. The van der Waals surface area contributed by atoms with Crippen LogP contribution >= 0.6 is 0 Å². The summed E-state index contributed by atoms with van der Waals surface area (Å²) in [6.45, 7) is 1.69. The highest BCUT2D eigenvalue weighted by atomic mass is 16.4. The van der Waals surface area contributed by atoms with Gasteiger partial charge in [0.25, 0.3) is 0 Å². The van der Waals surface area contributed by atoms with E-state index in [-0.39, 0.29) is 24.2 Å². The summed E-state index contributed by atoms with van der Waals surface area (Å²) in [4.78, 5) is 24.1. The van der Waals surface area contributed by atoms with Crippen molar-refractivity contribution in [1.82, 2.24) is 10.2 Å². The summed E-state index contributed by atoms with van der Waals surface area (Å²) in [7, 11) is 2.98. The van der Waals surface area contributed by atoms with Crippen molar-refractivity contribution in [2.24, 2.45) is 16.8 Å². The van der Waals surface area contributed by atoms with Gasteiger partial charge in [0.2, 0.25) is 11.8 Å². The number of carbonyl (C=O) groups is 2. The van der Waals surface area contributed by atoms with E-state index < -0.39 is 5.92 Å². The number of hydrogen-bond acceptors (Lipinski definition) is 4. The van der Waals surface area contributed by atoms with Crippen LogP contribution in [0.5, 0.6) is 0 Å². The van der Waals surface area contributed by atoms with Gasteiger partial charge in [-0.3, -0.25) is 9.59 Å². The van der Waals surface area contributed by atoms with Gasteiger partial charge in [-0.1, -0.05) is 12.1 Å². The van der Waals surface area contributed by atoms with E-state index in [1.807, 2.05) is 0 Å². The van der Waals surface area contributed by atoms with Crippen molar-refractivity contribution in [3.05, 3.63) is 0 Å². The van der Waals surface area contributed by atoms with Crippen molar-refractivity contribution in [3.63, 3.8) is 0 Å². The largest absolute Gasteiger partial charge is 0.409 e. The monoisotopic (exact) mass is 230 g/mol. The van der Waals surface area contributed by atoms with Crippen molar-refractivity contribution in [2.75, 3.05) is 20.6 Å². The molecule has 92 valence electrons. The molecule has 0 bridgehead atoms. The molecule has 1 atom stereocenters. The first kappa shape index (κ1) is 14.2. The van der Waals surface area contributed by atoms with Crippen LogP contribution in [-0.2, 0) is 9.59 Å². The summed E-state index contributed by atoms with van der Waals surface area (Å²) >= 11 is 0. The number of amides is 2. The molecule has 4 N–H and O–H groups in total. The average Bonchev–Trinajstić information content (AvgIpc) is 2.28. The molecule has 0 heterocycles. The second-order valence-electron chi connectivity index (χ2n) is 3.35. The smallest absolute Gasteiger partial charge is 0.239 e. The number of carbonyl (C=O) groups excluding carboxylic acids is 2. The summed E-state index contributed by atoms with van der Waals surface area (Å²) in [6, 6.07) is 0. The molecule has 0 rings (SSSR count). The molecule has 7 heteroatoms. The predicted octanol–water partition coefficient (Wildman–Crippen LogP) is -1.04. The molecular weight excluding hydrogens is 212 g/mol. The first-order chi connectivity index (χ1) is 7.47. The number of amidine groups is 1. The second-order valence-corrected chi connectivity index (χ2v) is 3.35. The fourth-order valence-electron chi connectivity index (χ4n) is 1.22. The Morgan fingerprint density at radius 2 is 2.12 bits per heavy atom. The maximum Gasteiger partial charge on any atom is 0.239 e. The zero-order valence-electron chi connectivity index (χ0n) is 9.73. The highest BCUT2D eigenvalue weighted by Gasteiger charge is 2.25. The minimum atomic E-state index is -0.695. The quantitative estimate of drug-likeness (QED) is 0.243. The van der Waals surface area contributed by atoms with Crippen LogP contribution < -0.4 is 11.1 Å². The molecule has 2 amide bonds. The molecule has 0 fully saturated rings. The van der Waals surface area contributed by atoms with E-state index >= 15 is 0 Å². The fraction of sp³-hybridized carbons (Fsp3) is 0.667. The molecule has 16 heavy (non-hydrogen) atoms. The Labute approximate surface area is 94.3 Å². The topological polar surface area (TPSA) is 108 Å². The van der Waals surface area contributed by atoms with Gasteiger partial charge in [0.1, 0.15) is 0 Å². The van der Waals surface area contributed by atoms with Crippen molar-refractivity contribution >= 4 is 17.6 Å². The van der Waals surface area contributed by atoms with E-state index in [2.05, 4.69) is 10.5 Å². The van der Waals surface area contributed by atoms with Gasteiger partial charge < -0.3 is 21.2 Å². The first-order valence-electron chi connectivity index (χ1n) is 4.90. The molecule has 0 aromatic heterocycles. The van der Waals surface area contributed by atoms with E-state index in [0.29, 0.717) is 6.42 Å². The Bertz CT molecular complexity index is 290. The summed E-state index contributed by atoms with van der Waals surface area (Å²) < 4.78 is 0. The number of nitrogens with one attached hydrogen (secondary N) is 1. The molecular formula is C9H18N4O3. The van der Waals surface area contributed by atoms with Gasteiger partial charge in [-0.2, -0.15) is 0 Å². The Kier molecular flexibility index (Phi) is 5.91. The molecule has 0 spiro atoms. The SMILES string of the molecule is CCC(C(=O)N(C)CC(=O)NC)C(N)=NO. The van der Waals surface area contributed by atoms with Gasteiger partial charge >= 0.3 is 0 Å². The standard InChI is InChI=1S/C9H18N4O3/c1-4-6(8(10)12-16)9(15)13(3)5-7(14)11-2/h6,16H,4-5H2,1-3H3,(H2,10,12)(H,11,14). The Morgan fingerprint density at radius 1 is 1.56 bits per heavy atom. The maximum absolute atomic E-state index is 11.8.